The van der Waals surface area contributed by atoms with Gasteiger partial charge in [-0.3, -0.25) is 4.79 Å². The van der Waals surface area contributed by atoms with Crippen LogP contribution in [0.2, 0.25) is 0 Å². The molecule has 170 valence electrons. The number of allylic oxidation sites excluding steroid dienone is 1. The Bertz CT molecular complexity index is 837. The molecule has 3 rings (SSSR count). The molecule has 1 heterocycles. The Morgan fingerprint density at radius 3 is 2.68 bits per heavy atom. The maximum absolute atomic E-state index is 14.4. The van der Waals surface area contributed by atoms with Gasteiger partial charge in [-0.05, 0) is 61.6 Å². The molecule has 0 bridgehead atoms. The molecule has 0 radical (unpaired) electrons. The fourth-order valence-corrected chi connectivity index (χ4v) is 4.84. The molecule has 2 aliphatic rings. The van der Waals surface area contributed by atoms with Crippen LogP contribution < -0.4 is 0 Å². The minimum Gasteiger partial charge on any atom is -0.396 e. The van der Waals surface area contributed by atoms with Crippen LogP contribution >= 0.6 is 0 Å². The highest BCUT2D eigenvalue weighted by molar-refractivity contribution is 5.76. The summed E-state index contributed by atoms with van der Waals surface area (Å²) >= 11 is 0. The molecule has 2 fully saturated rings. The largest absolute Gasteiger partial charge is 0.396 e. The van der Waals surface area contributed by atoms with Gasteiger partial charge in [-0.2, -0.15) is 10.2 Å². The molecule has 7 heteroatoms. The highest BCUT2D eigenvalue weighted by Crippen LogP contribution is 2.62. The smallest absolute Gasteiger partial charge is 0.222 e. The van der Waals surface area contributed by atoms with E-state index < -0.39 is 11.6 Å². The van der Waals surface area contributed by atoms with E-state index in [1.165, 1.54) is 18.2 Å². The summed E-state index contributed by atoms with van der Waals surface area (Å²) in [6, 6.07) is 3.80. The van der Waals surface area contributed by atoms with E-state index in [-0.39, 0.29) is 35.1 Å². The predicted molar refractivity (Wildman–Crippen MR) is 116 cm³/mol. The summed E-state index contributed by atoms with van der Waals surface area (Å²) in [6.45, 7) is 7.97. The third-order valence-electron chi connectivity index (χ3n) is 7.06. The van der Waals surface area contributed by atoms with Crippen LogP contribution in [0.5, 0.6) is 0 Å². The summed E-state index contributed by atoms with van der Waals surface area (Å²) in [6.07, 6.45) is 4.86. The molecular weight excluding hydrogens is 400 g/mol. The molecule has 5 nitrogen and oxygen atoms in total. The number of benzene rings is 1. The van der Waals surface area contributed by atoms with Gasteiger partial charge in [0.15, 0.2) is 0 Å². The lowest BCUT2D eigenvalue weighted by molar-refractivity contribution is -0.130. The highest BCUT2D eigenvalue weighted by Gasteiger charge is 2.56. The topological polar surface area (TPSA) is 65.3 Å². The van der Waals surface area contributed by atoms with Crippen molar-refractivity contribution in [2.75, 3.05) is 26.2 Å². The maximum Gasteiger partial charge on any atom is 0.222 e. The minimum atomic E-state index is -0.646. The average Bonchev–Trinajstić information content (AvgIpc) is 3.10. The highest BCUT2D eigenvalue weighted by atomic mass is 19.1. The number of likely N-dealkylation sites (tertiary alicyclic amines) is 1. The van der Waals surface area contributed by atoms with Gasteiger partial charge in [0.2, 0.25) is 5.91 Å². The molecule has 1 aliphatic carbocycles. The second-order valence-corrected chi connectivity index (χ2v) is 9.01. The first-order chi connectivity index (χ1) is 14.8. The van der Waals surface area contributed by atoms with Crippen molar-refractivity contribution in [1.29, 1.82) is 0 Å². The molecule has 1 saturated carbocycles. The third-order valence-corrected chi connectivity index (χ3v) is 7.06. The summed E-state index contributed by atoms with van der Waals surface area (Å²) in [7, 11) is 0. The molecule has 4 atom stereocenters. The lowest BCUT2D eigenvalue weighted by atomic mass is 9.98. The Hall–Kier alpha value is -2.15. The zero-order valence-electron chi connectivity index (χ0n) is 18.7. The van der Waals surface area contributed by atoms with Crippen molar-refractivity contribution in [3.63, 3.8) is 0 Å². The van der Waals surface area contributed by atoms with Crippen LogP contribution in [0.4, 0.5) is 8.78 Å². The Balaban J connectivity index is 1.65. The number of amides is 1. The summed E-state index contributed by atoms with van der Waals surface area (Å²) in [5.41, 5.74) is -0.144. The van der Waals surface area contributed by atoms with E-state index in [2.05, 4.69) is 24.1 Å². The summed E-state index contributed by atoms with van der Waals surface area (Å²) < 4.78 is 28.7. The zero-order chi connectivity index (χ0) is 22.6. The lowest BCUT2D eigenvalue weighted by Gasteiger charge is -2.16. The molecule has 1 aromatic carbocycles. The van der Waals surface area contributed by atoms with Crippen LogP contribution in [0, 0.1) is 34.8 Å². The van der Waals surface area contributed by atoms with Crippen molar-refractivity contribution in [2.24, 2.45) is 33.4 Å². The number of hydrogen-bond donors (Lipinski definition) is 1. The number of hydrogen-bond acceptors (Lipinski definition) is 4. The molecular formula is C24H33F2N3O2. The number of rotatable bonds is 9. The van der Waals surface area contributed by atoms with E-state index in [9.17, 15) is 18.7 Å². The van der Waals surface area contributed by atoms with Crippen molar-refractivity contribution in [1.82, 2.24) is 4.90 Å². The number of carbonyl (C=O) groups excluding carboxylic acids is 1. The number of aliphatic hydroxyl groups excluding tert-OH is 1. The molecule has 0 aromatic heterocycles. The van der Waals surface area contributed by atoms with Gasteiger partial charge in [0, 0.05) is 32.0 Å². The molecule has 3 unspecified atom stereocenters. The molecule has 31 heavy (non-hydrogen) atoms. The first-order valence-electron chi connectivity index (χ1n) is 11.2. The van der Waals surface area contributed by atoms with Crippen LogP contribution in [-0.4, -0.2) is 42.2 Å². The molecule has 0 spiro atoms. The van der Waals surface area contributed by atoms with Gasteiger partial charge in [-0.15, -0.1) is 0 Å². The van der Waals surface area contributed by atoms with Crippen LogP contribution in [0.15, 0.2) is 34.5 Å². The second kappa shape index (κ2) is 9.98. The van der Waals surface area contributed by atoms with E-state index in [0.717, 1.165) is 25.8 Å². The van der Waals surface area contributed by atoms with Gasteiger partial charge >= 0.3 is 0 Å². The minimum absolute atomic E-state index is 0.133. The number of nitrogens with zero attached hydrogens (tertiary/aromatic N) is 3. The van der Waals surface area contributed by atoms with Crippen LogP contribution in [0.3, 0.4) is 0 Å². The maximum atomic E-state index is 14.4. The predicted octanol–water partition coefficient (Wildman–Crippen LogP) is 5.06. The normalized spacial score (nSPS) is 28.5. The number of carbonyl (C=O) groups is 1. The van der Waals surface area contributed by atoms with Crippen LogP contribution in [0.25, 0.3) is 5.70 Å². The first-order valence-corrected chi connectivity index (χ1v) is 11.2. The van der Waals surface area contributed by atoms with E-state index in [1.807, 2.05) is 17.9 Å². The van der Waals surface area contributed by atoms with Crippen LogP contribution in [-0.2, 0) is 4.79 Å². The Morgan fingerprint density at radius 1 is 1.35 bits per heavy atom. The van der Waals surface area contributed by atoms with E-state index in [0.29, 0.717) is 31.3 Å². The Kier molecular flexibility index (Phi) is 7.57. The summed E-state index contributed by atoms with van der Waals surface area (Å²) in [4.78, 5) is 14.3. The van der Waals surface area contributed by atoms with Gasteiger partial charge in [0.05, 0.1) is 17.8 Å². The van der Waals surface area contributed by atoms with Crippen molar-refractivity contribution in [2.45, 2.75) is 46.5 Å². The second-order valence-electron chi connectivity index (χ2n) is 9.01. The van der Waals surface area contributed by atoms with Gasteiger partial charge in [-0.1, -0.05) is 19.9 Å². The molecule has 1 N–H and O–H groups in total. The molecule has 1 amide bonds. The van der Waals surface area contributed by atoms with Crippen LogP contribution in [0.1, 0.15) is 52.0 Å². The monoisotopic (exact) mass is 433 g/mol. The molecule has 1 aromatic rings. The van der Waals surface area contributed by atoms with Crippen molar-refractivity contribution < 1.29 is 18.7 Å². The Morgan fingerprint density at radius 2 is 2.06 bits per heavy atom. The number of aliphatic hydroxyl groups is 1. The zero-order valence-corrected chi connectivity index (χ0v) is 18.7. The van der Waals surface area contributed by atoms with E-state index in [1.54, 1.807) is 0 Å². The standard InChI is InChI=1S/C24H33F2N3O2/c1-4-27-28-21(23-19(25)8-6-9-20(23)26)13-24(3)16(2)18(24)7-5-10-22(31)29-12-11-17(14-29)15-30/h6,8-9,13,16-18,30H,4-5,7,10-12,14-15H2,1-3H3/b21-13-,28-27?/t16-,17?,18?,24?/m0/s1. The molecule has 1 aliphatic heterocycles. The number of azo groups is 1. The quantitative estimate of drug-likeness (QED) is 0.553. The lowest BCUT2D eigenvalue weighted by Crippen LogP contribution is -2.28. The fourth-order valence-electron chi connectivity index (χ4n) is 4.84. The summed E-state index contributed by atoms with van der Waals surface area (Å²) in [5, 5.41) is 17.4. The van der Waals surface area contributed by atoms with Gasteiger partial charge in [0.25, 0.3) is 0 Å². The average molecular weight is 434 g/mol. The summed E-state index contributed by atoms with van der Waals surface area (Å²) in [5.74, 6) is -0.289. The van der Waals surface area contributed by atoms with Gasteiger partial charge in [0.1, 0.15) is 11.6 Å². The van der Waals surface area contributed by atoms with E-state index >= 15 is 0 Å². The third kappa shape index (κ3) is 5.20. The number of halogens is 2. The van der Waals surface area contributed by atoms with Crippen molar-refractivity contribution in [3.05, 3.63) is 41.5 Å². The molecule has 1 saturated heterocycles. The Labute approximate surface area is 183 Å². The van der Waals surface area contributed by atoms with Gasteiger partial charge < -0.3 is 10.0 Å². The van der Waals surface area contributed by atoms with Crippen molar-refractivity contribution in [3.8, 4) is 0 Å². The fraction of sp³-hybridized carbons (Fsp3) is 0.625. The van der Waals surface area contributed by atoms with Gasteiger partial charge in [-0.25, -0.2) is 8.78 Å². The SMILES string of the molecule is CCN=N/C(=C\C1(C)C(CCCC(=O)N2CCC(CO)C2)[C@@H]1C)c1c(F)cccc1F. The van der Waals surface area contributed by atoms with Crippen molar-refractivity contribution >= 4 is 11.6 Å². The van der Waals surface area contributed by atoms with E-state index in [4.69, 9.17) is 0 Å². The first kappa shape index (κ1) is 23.5.